The third-order valence-corrected chi connectivity index (χ3v) is 4.00. The Morgan fingerprint density at radius 1 is 0.955 bits per heavy atom. The summed E-state index contributed by atoms with van der Waals surface area (Å²) in [5.74, 6) is 0.249. The number of ketones is 1. The van der Waals surface area contributed by atoms with Crippen LogP contribution >= 0.6 is 0 Å². The second-order valence-corrected chi connectivity index (χ2v) is 5.22. The Morgan fingerprint density at radius 2 is 1.73 bits per heavy atom. The molecule has 0 amide bonds. The molecule has 112 valence electrons. The first kappa shape index (κ1) is 14.3. The van der Waals surface area contributed by atoms with Gasteiger partial charge >= 0.3 is 5.97 Å². The molecule has 0 bridgehead atoms. The lowest BCUT2D eigenvalue weighted by atomic mass is 9.97. The van der Waals surface area contributed by atoms with E-state index in [1.54, 1.807) is 31.4 Å². The number of carbonyl (C=O) groups is 2. The number of benzene rings is 2. The number of ether oxygens (including phenoxy) is 2. The highest BCUT2D eigenvalue weighted by molar-refractivity contribution is 6.12. The molecule has 0 unspecified atom stereocenters. The van der Waals surface area contributed by atoms with Crippen LogP contribution in [0.4, 0.5) is 0 Å². The molecule has 0 saturated heterocycles. The minimum atomic E-state index is -0.435. The Kier molecular flexibility index (Phi) is 3.67. The summed E-state index contributed by atoms with van der Waals surface area (Å²) in [6.45, 7) is 0. The number of rotatable bonds is 2. The van der Waals surface area contributed by atoms with E-state index in [0.29, 0.717) is 16.7 Å². The Hall–Kier alpha value is -2.62. The molecule has 4 nitrogen and oxygen atoms in total. The van der Waals surface area contributed by atoms with Gasteiger partial charge in [0.2, 0.25) is 0 Å². The molecule has 22 heavy (non-hydrogen) atoms. The molecule has 0 radical (unpaired) electrons. The fourth-order valence-corrected chi connectivity index (χ4v) is 2.79. The molecular formula is C18H16O4. The zero-order valence-corrected chi connectivity index (χ0v) is 12.5. The highest BCUT2D eigenvalue weighted by atomic mass is 16.5. The van der Waals surface area contributed by atoms with Crippen molar-refractivity contribution in [3.63, 3.8) is 0 Å². The van der Waals surface area contributed by atoms with Crippen LogP contribution in [0.15, 0.2) is 36.4 Å². The van der Waals surface area contributed by atoms with Gasteiger partial charge in [-0.05, 0) is 54.3 Å². The predicted molar refractivity (Wildman–Crippen MR) is 81.6 cm³/mol. The second-order valence-electron chi connectivity index (χ2n) is 5.22. The average Bonchev–Trinajstić information content (AvgIpc) is 2.70. The molecule has 4 heteroatoms. The zero-order chi connectivity index (χ0) is 15.7. The summed E-state index contributed by atoms with van der Waals surface area (Å²) in [4.78, 5) is 24.5. The SMILES string of the molecule is COC(=O)c1ccc2c(c1)C(=O)c1ccc(OC)cc1CC2. The van der Waals surface area contributed by atoms with Gasteiger partial charge in [0.25, 0.3) is 0 Å². The van der Waals surface area contributed by atoms with Crippen molar-refractivity contribution in [1.82, 2.24) is 0 Å². The largest absolute Gasteiger partial charge is 0.497 e. The van der Waals surface area contributed by atoms with Crippen molar-refractivity contribution < 1.29 is 19.1 Å². The van der Waals surface area contributed by atoms with Gasteiger partial charge in [-0.3, -0.25) is 4.79 Å². The van der Waals surface area contributed by atoms with Crippen LogP contribution in [0.2, 0.25) is 0 Å². The van der Waals surface area contributed by atoms with Gasteiger partial charge in [0, 0.05) is 11.1 Å². The maximum Gasteiger partial charge on any atom is 0.337 e. The standard InChI is InChI=1S/C18H16O4/c1-21-14-7-8-15-12(9-14)5-3-11-4-6-13(18(20)22-2)10-16(11)17(15)19/h4,6-10H,3,5H2,1-2H3. The van der Waals surface area contributed by atoms with Crippen molar-refractivity contribution in [2.24, 2.45) is 0 Å². The fraction of sp³-hybridized carbons (Fsp3) is 0.222. The van der Waals surface area contributed by atoms with Gasteiger partial charge in [0.15, 0.2) is 5.78 Å². The summed E-state index contributed by atoms with van der Waals surface area (Å²) >= 11 is 0. The van der Waals surface area contributed by atoms with Crippen molar-refractivity contribution >= 4 is 11.8 Å². The second kappa shape index (κ2) is 5.64. The Labute approximate surface area is 128 Å². The van der Waals surface area contributed by atoms with E-state index in [2.05, 4.69) is 0 Å². The van der Waals surface area contributed by atoms with Crippen LogP contribution in [-0.4, -0.2) is 26.0 Å². The van der Waals surface area contributed by atoms with Gasteiger partial charge in [0.1, 0.15) is 5.75 Å². The Bertz CT molecular complexity index is 762. The van der Waals surface area contributed by atoms with Crippen LogP contribution in [0.1, 0.15) is 37.4 Å². The van der Waals surface area contributed by atoms with Gasteiger partial charge in [-0.15, -0.1) is 0 Å². The molecule has 2 aromatic rings. The maximum absolute atomic E-state index is 12.8. The lowest BCUT2D eigenvalue weighted by Gasteiger charge is -2.08. The van der Waals surface area contributed by atoms with Gasteiger partial charge in [-0.1, -0.05) is 6.07 Å². The van der Waals surface area contributed by atoms with E-state index in [1.165, 1.54) is 7.11 Å². The van der Waals surface area contributed by atoms with E-state index in [-0.39, 0.29) is 5.78 Å². The number of fused-ring (bicyclic) bond motifs is 2. The van der Waals surface area contributed by atoms with Crippen LogP contribution in [0.3, 0.4) is 0 Å². The molecule has 0 aromatic heterocycles. The first-order valence-electron chi connectivity index (χ1n) is 7.07. The molecule has 0 spiro atoms. The molecule has 0 aliphatic heterocycles. The van der Waals surface area contributed by atoms with Crippen molar-refractivity contribution in [2.75, 3.05) is 14.2 Å². The van der Waals surface area contributed by atoms with Gasteiger partial charge in [-0.2, -0.15) is 0 Å². The predicted octanol–water partition coefficient (Wildman–Crippen LogP) is 2.81. The van der Waals surface area contributed by atoms with E-state index < -0.39 is 5.97 Å². The van der Waals surface area contributed by atoms with E-state index in [4.69, 9.17) is 9.47 Å². The van der Waals surface area contributed by atoms with Crippen molar-refractivity contribution in [3.8, 4) is 5.75 Å². The van der Waals surface area contributed by atoms with Crippen LogP contribution in [0.5, 0.6) is 5.75 Å². The third kappa shape index (κ3) is 2.37. The van der Waals surface area contributed by atoms with E-state index in [9.17, 15) is 9.59 Å². The zero-order valence-electron chi connectivity index (χ0n) is 12.5. The van der Waals surface area contributed by atoms with E-state index in [1.807, 2.05) is 12.1 Å². The number of hydrogen-bond donors (Lipinski definition) is 0. The quantitative estimate of drug-likeness (QED) is 0.800. The third-order valence-electron chi connectivity index (χ3n) is 4.00. The number of carbonyl (C=O) groups excluding carboxylic acids is 2. The minimum Gasteiger partial charge on any atom is -0.497 e. The number of esters is 1. The number of methoxy groups -OCH3 is 2. The number of hydrogen-bond acceptors (Lipinski definition) is 4. The molecule has 1 aliphatic carbocycles. The van der Waals surface area contributed by atoms with Gasteiger partial charge in [0.05, 0.1) is 19.8 Å². The highest BCUT2D eigenvalue weighted by Gasteiger charge is 2.23. The molecule has 0 saturated carbocycles. The summed E-state index contributed by atoms with van der Waals surface area (Å²) in [5.41, 5.74) is 3.56. The van der Waals surface area contributed by atoms with Gasteiger partial charge in [-0.25, -0.2) is 4.79 Å². The minimum absolute atomic E-state index is 0.0593. The topological polar surface area (TPSA) is 52.6 Å². The molecule has 0 atom stereocenters. The maximum atomic E-state index is 12.8. The van der Waals surface area contributed by atoms with Crippen LogP contribution < -0.4 is 4.74 Å². The lowest BCUT2D eigenvalue weighted by Crippen LogP contribution is -2.08. The van der Waals surface area contributed by atoms with E-state index in [0.717, 1.165) is 29.7 Å². The summed E-state index contributed by atoms with van der Waals surface area (Å²) in [7, 11) is 2.94. The highest BCUT2D eigenvalue weighted by Crippen LogP contribution is 2.28. The summed E-state index contributed by atoms with van der Waals surface area (Å²) in [6.07, 6.45) is 1.52. The first-order valence-corrected chi connectivity index (χ1v) is 7.07. The molecule has 0 heterocycles. The molecule has 0 fully saturated rings. The summed E-state index contributed by atoms with van der Waals surface area (Å²) in [5, 5.41) is 0. The summed E-state index contributed by atoms with van der Waals surface area (Å²) in [6, 6.07) is 10.6. The normalized spacial score (nSPS) is 12.9. The van der Waals surface area contributed by atoms with Crippen molar-refractivity contribution in [1.29, 1.82) is 0 Å². The Morgan fingerprint density at radius 3 is 2.45 bits per heavy atom. The average molecular weight is 296 g/mol. The molecule has 2 aromatic carbocycles. The van der Waals surface area contributed by atoms with E-state index >= 15 is 0 Å². The molecular weight excluding hydrogens is 280 g/mol. The van der Waals surface area contributed by atoms with Crippen LogP contribution in [-0.2, 0) is 17.6 Å². The Balaban J connectivity index is 2.09. The lowest BCUT2D eigenvalue weighted by molar-refractivity contribution is 0.0600. The number of aryl methyl sites for hydroxylation is 2. The van der Waals surface area contributed by atoms with Crippen molar-refractivity contribution in [3.05, 3.63) is 64.2 Å². The van der Waals surface area contributed by atoms with Crippen LogP contribution in [0, 0.1) is 0 Å². The van der Waals surface area contributed by atoms with Crippen molar-refractivity contribution in [2.45, 2.75) is 12.8 Å². The smallest absolute Gasteiger partial charge is 0.337 e. The molecule has 1 aliphatic rings. The monoisotopic (exact) mass is 296 g/mol. The van der Waals surface area contributed by atoms with Crippen LogP contribution in [0.25, 0.3) is 0 Å². The first-order chi connectivity index (χ1) is 10.6. The van der Waals surface area contributed by atoms with Gasteiger partial charge < -0.3 is 9.47 Å². The summed E-state index contributed by atoms with van der Waals surface area (Å²) < 4.78 is 9.95. The fourth-order valence-electron chi connectivity index (χ4n) is 2.79. The molecule has 3 rings (SSSR count). The molecule has 0 N–H and O–H groups in total.